The van der Waals surface area contributed by atoms with E-state index in [-0.39, 0.29) is 5.91 Å². The average molecular weight is 442 g/mol. The topological polar surface area (TPSA) is 46.4 Å². The lowest BCUT2D eigenvalue weighted by atomic mass is 9.95. The van der Waals surface area contributed by atoms with Crippen LogP contribution in [0.1, 0.15) is 50.3 Å². The first kappa shape index (κ1) is 20.7. The fraction of sp³-hybridized carbons (Fsp3) is 0.259. The van der Waals surface area contributed by atoms with Crippen LogP contribution in [0.4, 0.5) is 10.7 Å². The number of carbonyl (C=O) groups excluding carboxylic acids is 1. The molecule has 0 atom stereocenters. The minimum Gasteiger partial charge on any atom is -0.350 e. The number of hydrogen-bond donors (Lipinski definition) is 1. The van der Waals surface area contributed by atoms with Crippen molar-refractivity contribution in [1.29, 1.82) is 0 Å². The minimum atomic E-state index is -0.0560. The number of nitrogens with one attached hydrogen (secondary N) is 1. The first-order chi connectivity index (χ1) is 15.5. The third-order valence-corrected chi connectivity index (χ3v) is 7.31. The van der Waals surface area contributed by atoms with E-state index < -0.39 is 0 Å². The Balaban J connectivity index is 1.53. The van der Waals surface area contributed by atoms with Gasteiger partial charge in [-0.05, 0) is 74.4 Å². The largest absolute Gasteiger partial charge is 0.350 e. The molecule has 0 spiro atoms. The lowest BCUT2D eigenvalue weighted by Crippen LogP contribution is -2.15. The summed E-state index contributed by atoms with van der Waals surface area (Å²) in [5.74, 6) is -0.0560. The fourth-order valence-electron chi connectivity index (χ4n) is 4.72. The third-order valence-electron chi connectivity index (χ3n) is 6.11. The summed E-state index contributed by atoms with van der Waals surface area (Å²) in [5, 5.41) is 5.12. The maximum absolute atomic E-state index is 13.4. The molecule has 4 aromatic rings. The number of aromatic nitrogens is 1. The Kier molecular flexibility index (Phi) is 5.43. The molecule has 0 aliphatic heterocycles. The number of rotatable bonds is 4. The van der Waals surface area contributed by atoms with Gasteiger partial charge in [-0.3, -0.25) is 4.79 Å². The van der Waals surface area contributed by atoms with Gasteiger partial charge in [0.25, 0.3) is 5.91 Å². The number of para-hydroxylation sites is 1. The number of aliphatic imine (C=N–C) groups is 1. The molecule has 1 aliphatic carbocycles. The average Bonchev–Trinajstić information content (AvgIpc) is 3.29. The van der Waals surface area contributed by atoms with Crippen molar-refractivity contribution in [2.45, 2.75) is 39.5 Å². The van der Waals surface area contributed by atoms with Crippen LogP contribution in [0.5, 0.6) is 0 Å². The second-order valence-corrected chi connectivity index (χ2v) is 9.78. The molecule has 32 heavy (non-hydrogen) atoms. The Morgan fingerprint density at radius 2 is 1.84 bits per heavy atom. The monoisotopic (exact) mass is 441 g/mol. The fourth-order valence-corrected chi connectivity index (χ4v) is 5.95. The van der Waals surface area contributed by atoms with Crippen LogP contribution in [0, 0.1) is 13.8 Å². The predicted molar refractivity (Wildman–Crippen MR) is 135 cm³/mol. The summed E-state index contributed by atoms with van der Waals surface area (Å²) in [6, 6.07) is 14.5. The van der Waals surface area contributed by atoms with E-state index in [0.717, 1.165) is 52.2 Å². The zero-order chi connectivity index (χ0) is 22.2. The van der Waals surface area contributed by atoms with E-state index in [1.807, 2.05) is 37.5 Å². The molecule has 162 valence electrons. The highest BCUT2D eigenvalue weighted by atomic mass is 32.1. The molecular formula is C27H27N3OS. The quantitative estimate of drug-likeness (QED) is 0.350. The van der Waals surface area contributed by atoms with Crippen LogP contribution in [0.15, 0.2) is 53.7 Å². The Bertz CT molecular complexity index is 1340. The normalized spacial score (nSPS) is 13.6. The van der Waals surface area contributed by atoms with Gasteiger partial charge in [-0.25, -0.2) is 4.99 Å². The number of carbonyl (C=O) groups is 1. The van der Waals surface area contributed by atoms with Crippen LogP contribution < -0.4 is 5.32 Å². The van der Waals surface area contributed by atoms with Gasteiger partial charge in [0, 0.05) is 46.5 Å². The molecule has 0 unspecified atom stereocenters. The first-order valence-electron chi connectivity index (χ1n) is 11.1. The van der Waals surface area contributed by atoms with E-state index in [1.54, 1.807) is 11.3 Å². The molecule has 0 fully saturated rings. The number of thiophene rings is 1. The number of fused-ring (bicyclic) bond motifs is 2. The van der Waals surface area contributed by atoms with Crippen LogP contribution in [-0.2, 0) is 19.9 Å². The molecule has 0 saturated carbocycles. The highest BCUT2D eigenvalue weighted by Crippen LogP contribution is 2.40. The Hall–Kier alpha value is -3.18. The maximum atomic E-state index is 13.4. The number of anilines is 1. The van der Waals surface area contributed by atoms with Crippen LogP contribution in [-0.4, -0.2) is 16.7 Å². The number of aryl methyl sites for hydroxylation is 4. The van der Waals surface area contributed by atoms with Crippen molar-refractivity contribution in [1.82, 2.24) is 4.57 Å². The van der Waals surface area contributed by atoms with Crippen molar-refractivity contribution in [3.05, 3.63) is 81.4 Å². The van der Waals surface area contributed by atoms with Gasteiger partial charge in [0.1, 0.15) is 5.00 Å². The van der Waals surface area contributed by atoms with E-state index >= 15 is 0 Å². The Morgan fingerprint density at radius 3 is 2.66 bits per heavy atom. The molecule has 2 aromatic carbocycles. The molecule has 0 bridgehead atoms. The van der Waals surface area contributed by atoms with Gasteiger partial charge in [-0.15, -0.1) is 11.3 Å². The molecule has 1 amide bonds. The highest BCUT2D eigenvalue weighted by Gasteiger charge is 2.25. The van der Waals surface area contributed by atoms with E-state index in [0.29, 0.717) is 0 Å². The van der Waals surface area contributed by atoms with E-state index in [2.05, 4.69) is 48.1 Å². The summed E-state index contributed by atoms with van der Waals surface area (Å²) in [5.41, 5.74) is 7.30. The smallest absolute Gasteiger partial charge is 0.259 e. The molecule has 0 saturated heterocycles. The minimum absolute atomic E-state index is 0.0560. The molecule has 2 aromatic heterocycles. The molecule has 2 heterocycles. The first-order valence-corrected chi connectivity index (χ1v) is 11.9. The van der Waals surface area contributed by atoms with Crippen molar-refractivity contribution >= 4 is 45.0 Å². The molecule has 1 aliphatic rings. The van der Waals surface area contributed by atoms with Crippen LogP contribution in [0.2, 0.25) is 0 Å². The van der Waals surface area contributed by atoms with Crippen molar-refractivity contribution in [2.75, 3.05) is 5.32 Å². The predicted octanol–water partition coefficient (Wildman–Crippen LogP) is 6.74. The molecule has 1 N–H and O–H groups in total. The highest BCUT2D eigenvalue weighted by molar-refractivity contribution is 7.16. The summed E-state index contributed by atoms with van der Waals surface area (Å²) in [6.45, 7) is 4.10. The van der Waals surface area contributed by atoms with Crippen LogP contribution in [0.25, 0.3) is 10.9 Å². The summed E-state index contributed by atoms with van der Waals surface area (Å²) < 4.78 is 2.11. The summed E-state index contributed by atoms with van der Waals surface area (Å²) in [7, 11) is 2.05. The molecular weight excluding hydrogens is 414 g/mol. The van der Waals surface area contributed by atoms with E-state index in [1.165, 1.54) is 27.8 Å². The number of nitrogens with zero attached hydrogens (tertiary/aromatic N) is 2. The summed E-state index contributed by atoms with van der Waals surface area (Å²) >= 11 is 1.67. The van der Waals surface area contributed by atoms with Gasteiger partial charge in [-0.1, -0.05) is 24.3 Å². The lowest BCUT2D eigenvalue weighted by molar-refractivity contribution is 0.102. The number of amides is 1. The van der Waals surface area contributed by atoms with Gasteiger partial charge in [0.05, 0.1) is 5.56 Å². The molecule has 4 nitrogen and oxygen atoms in total. The zero-order valence-corrected chi connectivity index (χ0v) is 19.6. The van der Waals surface area contributed by atoms with Crippen molar-refractivity contribution in [3.8, 4) is 0 Å². The number of benzene rings is 2. The SMILES string of the molecule is Cc1cc(C)cc(NC(=O)c2c(N=Cc3cn(C)c4ccccc34)sc3c2CCCC3)c1. The second kappa shape index (κ2) is 8.40. The standard InChI is InChI=1S/C27H27N3OS/c1-17-12-18(2)14-20(13-17)29-26(31)25-22-9-5-7-11-24(22)32-27(25)28-15-19-16-30(3)23-10-6-4-8-21(19)23/h4,6,8,10,12-16H,5,7,9,11H2,1-3H3,(H,29,31). The molecule has 0 radical (unpaired) electrons. The van der Waals surface area contributed by atoms with Crippen LogP contribution >= 0.6 is 11.3 Å². The van der Waals surface area contributed by atoms with Gasteiger partial charge in [-0.2, -0.15) is 0 Å². The van der Waals surface area contributed by atoms with E-state index in [4.69, 9.17) is 4.99 Å². The van der Waals surface area contributed by atoms with Crippen molar-refractivity contribution in [2.24, 2.45) is 12.0 Å². The Morgan fingerprint density at radius 1 is 1.09 bits per heavy atom. The number of hydrogen-bond acceptors (Lipinski definition) is 3. The molecule has 5 heteroatoms. The van der Waals surface area contributed by atoms with Crippen molar-refractivity contribution in [3.63, 3.8) is 0 Å². The van der Waals surface area contributed by atoms with Crippen molar-refractivity contribution < 1.29 is 4.79 Å². The van der Waals surface area contributed by atoms with Gasteiger partial charge >= 0.3 is 0 Å². The van der Waals surface area contributed by atoms with Gasteiger partial charge in [0.15, 0.2) is 0 Å². The van der Waals surface area contributed by atoms with Crippen LogP contribution in [0.3, 0.4) is 0 Å². The third kappa shape index (κ3) is 3.89. The second-order valence-electron chi connectivity index (χ2n) is 8.69. The lowest BCUT2D eigenvalue weighted by Gasteiger charge is -2.13. The summed E-state index contributed by atoms with van der Waals surface area (Å²) in [4.78, 5) is 19.6. The summed E-state index contributed by atoms with van der Waals surface area (Å²) in [6.07, 6.45) is 8.29. The zero-order valence-electron chi connectivity index (χ0n) is 18.7. The maximum Gasteiger partial charge on any atom is 0.259 e. The van der Waals surface area contributed by atoms with Gasteiger partial charge < -0.3 is 9.88 Å². The molecule has 5 rings (SSSR count). The Labute approximate surface area is 192 Å². The van der Waals surface area contributed by atoms with E-state index in [9.17, 15) is 4.79 Å². The van der Waals surface area contributed by atoms with Gasteiger partial charge in [0.2, 0.25) is 0 Å².